The lowest BCUT2D eigenvalue weighted by Gasteiger charge is -2.39. The fourth-order valence-electron chi connectivity index (χ4n) is 2.00. The molecule has 1 fully saturated rings. The van der Waals surface area contributed by atoms with Crippen molar-refractivity contribution >= 4 is 11.6 Å². The summed E-state index contributed by atoms with van der Waals surface area (Å²) in [6.45, 7) is 7.10. The van der Waals surface area contributed by atoms with Crippen molar-refractivity contribution in [3.8, 4) is 0 Å². The van der Waals surface area contributed by atoms with Gasteiger partial charge >= 0.3 is 0 Å². The fourth-order valence-corrected chi connectivity index (χ4v) is 2.17. The number of hydrogen-bond acceptors (Lipinski definition) is 3. The van der Waals surface area contributed by atoms with E-state index < -0.39 is 0 Å². The summed E-state index contributed by atoms with van der Waals surface area (Å²) < 4.78 is 10.8. The summed E-state index contributed by atoms with van der Waals surface area (Å²) in [5, 5.41) is 0. The molecule has 15 heavy (non-hydrogen) atoms. The van der Waals surface area contributed by atoms with Gasteiger partial charge in [-0.05, 0) is 20.3 Å². The molecule has 1 aliphatic rings. The number of hydrogen-bond donors (Lipinski definition) is 0. The van der Waals surface area contributed by atoms with Gasteiger partial charge in [0.25, 0.3) is 0 Å². The van der Waals surface area contributed by atoms with Crippen molar-refractivity contribution in [2.75, 3.05) is 32.7 Å². The van der Waals surface area contributed by atoms with Crippen LogP contribution in [0.3, 0.4) is 0 Å². The fraction of sp³-hybridized carbons (Fsp3) is 1.00. The second kappa shape index (κ2) is 6.69. The lowest BCUT2D eigenvalue weighted by molar-refractivity contribution is -0.0791. The third-order valence-electron chi connectivity index (χ3n) is 2.89. The Morgan fingerprint density at radius 2 is 2.27 bits per heavy atom. The molecule has 0 saturated carbocycles. The smallest absolute Gasteiger partial charge is 0.0841 e. The molecule has 1 rings (SSSR count). The number of nitrogens with zero attached hydrogens (tertiary/aromatic N) is 1. The largest absolute Gasteiger partial charge is 0.385 e. The van der Waals surface area contributed by atoms with Crippen LogP contribution in [0.2, 0.25) is 0 Å². The number of morpholine rings is 1. The highest BCUT2D eigenvalue weighted by atomic mass is 35.5. The van der Waals surface area contributed by atoms with Crippen LogP contribution in [0.15, 0.2) is 0 Å². The maximum Gasteiger partial charge on any atom is 0.0841 e. The van der Waals surface area contributed by atoms with E-state index in [1.165, 1.54) is 0 Å². The highest BCUT2D eigenvalue weighted by molar-refractivity contribution is 6.18. The van der Waals surface area contributed by atoms with Gasteiger partial charge < -0.3 is 9.47 Å². The minimum atomic E-state index is 0.181. The molecule has 0 amide bonds. The standard InChI is InChI=1S/C11H22ClNO2/c1-9(4-5-14-3)13-7-10(2)15-11(6-12)8-13/h9-11H,4-8H2,1-3H3. The Kier molecular flexibility index (Phi) is 5.90. The molecule has 0 aromatic rings. The van der Waals surface area contributed by atoms with E-state index in [1.807, 2.05) is 0 Å². The topological polar surface area (TPSA) is 21.7 Å². The molecule has 0 aromatic carbocycles. The minimum Gasteiger partial charge on any atom is -0.385 e. The van der Waals surface area contributed by atoms with Crippen molar-refractivity contribution in [3.63, 3.8) is 0 Å². The van der Waals surface area contributed by atoms with Crippen molar-refractivity contribution in [3.05, 3.63) is 0 Å². The first-order valence-corrected chi connectivity index (χ1v) is 6.15. The zero-order valence-electron chi connectivity index (χ0n) is 9.91. The molecule has 3 atom stereocenters. The molecule has 3 unspecified atom stereocenters. The SMILES string of the molecule is COCCC(C)N1CC(C)OC(CCl)C1. The molecular formula is C11H22ClNO2. The van der Waals surface area contributed by atoms with Crippen molar-refractivity contribution in [2.24, 2.45) is 0 Å². The summed E-state index contributed by atoms with van der Waals surface area (Å²) in [4.78, 5) is 2.44. The first kappa shape index (κ1) is 13.2. The molecule has 1 saturated heterocycles. The Balaban J connectivity index is 2.38. The molecule has 4 heteroatoms. The third kappa shape index (κ3) is 4.27. The minimum absolute atomic E-state index is 0.181. The number of halogens is 1. The second-order valence-corrected chi connectivity index (χ2v) is 4.62. The Morgan fingerprint density at radius 3 is 2.87 bits per heavy atom. The Hall–Kier alpha value is 0.170. The average Bonchev–Trinajstić information content (AvgIpc) is 2.24. The van der Waals surface area contributed by atoms with Crippen molar-refractivity contribution < 1.29 is 9.47 Å². The molecule has 0 N–H and O–H groups in total. The van der Waals surface area contributed by atoms with Crippen LogP contribution in [0, 0.1) is 0 Å². The lowest BCUT2D eigenvalue weighted by Crippen LogP contribution is -2.50. The number of methoxy groups -OCH3 is 1. The first-order chi connectivity index (χ1) is 7.17. The molecular weight excluding hydrogens is 214 g/mol. The van der Waals surface area contributed by atoms with E-state index in [2.05, 4.69) is 18.7 Å². The van der Waals surface area contributed by atoms with E-state index in [1.54, 1.807) is 7.11 Å². The molecule has 1 aliphatic heterocycles. The van der Waals surface area contributed by atoms with Crippen LogP contribution in [0.25, 0.3) is 0 Å². The van der Waals surface area contributed by atoms with Gasteiger partial charge in [0.05, 0.1) is 12.2 Å². The highest BCUT2D eigenvalue weighted by Gasteiger charge is 2.27. The molecule has 1 heterocycles. The van der Waals surface area contributed by atoms with Crippen LogP contribution in [-0.2, 0) is 9.47 Å². The Bertz CT molecular complexity index is 180. The summed E-state index contributed by atoms with van der Waals surface area (Å²) in [7, 11) is 1.75. The summed E-state index contributed by atoms with van der Waals surface area (Å²) >= 11 is 5.84. The second-order valence-electron chi connectivity index (χ2n) is 4.31. The number of alkyl halides is 1. The summed E-state index contributed by atoms with van der Waals surface area (Å²) in [5.41, 5.74) is 0. The van der Waals surface area contributed by atoms with Crippen molar-refractivity contribution in [2.45, 2.75) is 38.5 Å². The molecule has 0 radical (unpaired) electrons. The van der Waals surface area contributed by atoms with Gasteiger partial charge in [0.1, 0.15) is 0 Å². The van der Waals surface area contributed by atoms with Gasteiger partial charge in [0.2, 0.25) is 0 Å². The lowest BCUT2D eigenvalue weighted by atomic mass is 10.1. The molecule has 0 aliphatic carbocycles. The molecule has 90 valence electrons. The quantitative estimate of drug-likeness (QED) is 0.678. The normalized spacial score (nSPS) is 30.4. The predicted octanol–water partition coefficient (Wildman–Crippen LogP) is 1.74. The van der Waals surface area contributed by atoms with Crippen LogP contribution in [-0.4, -0.2) is 55.8 Å². The van der Waals surface area contributed by atoms with Gasteiger partial charge in [-0.2, -0.15) is 0 Å². The van der Waals surface area contributed by atoms with E-state index in [9.17, 15) is 0 Å². The zero-order valence-corrected chi connectivity index (χ0v) is 10.7. The maximum absolute atomic E-state index is 5.84. The Morgan fingerprint density at radius 1 is 1.53 bits per heavy atom. The van der Waals surface area contributed by atoms with E-state index in [4.69, 9.17) is 21.1 Å². The molecule has 0 spiro atoms. The van der Waals surface area contributed by atoms with E-state index in [0.29, 0.717) is 11.9 Å². The van der Waals surface area contributed by atoms with Crippen LogP contribution in [0.4, 0.5) is 0 Å². The molecule has 0 bridgehead atoms. The molecule has 3 nitrogen and oxygen atoms in total. The third-order valence-corrected chi connectivity index (χ3v) is 3.23. The van der Waals surface area contributed by atoms with Gasteiger partial charge in [0.15, 0.2) is 0 Å². The van der Waals surface area contributed by atoms with Crippen molar-refractivity contribution in [1.29, 1.82) is 0 Å². The summed E-state index contributed by atoms with van der Waals surface area (Å²) in [6.07, 6.45) is 1.53. The van der Waals surface area contributed by atoms with Gasteiger partial charge in [-0.25, -0.2) is 0 Å². The van der Waals surface area contributed by atoms with Crippen LogP contribution >= 0.6 is 11.6 Å². The zero-order chi connectivity index (χ0) is 11.3. The number of ether oxygens (including phenoxy) is 2. The highest BCUT2D eigenvalue weighted by Crippen LogP contribution is 2.16. The van der Waals surface area contributed by atoms with E-state index >= 15 is 0 Å². The van der Waals surface area contributed by atoms with Gasteiger partial charge in [-0.15, -0.1) is 11.6 Å². The van der Waals surface area contributed by atoms with Crippen LogP contribution < -0.4 is 0 Å². The van der Waals surface area contributed by atoms with Crippen LogP contribution in [0.5, 0.6) is 0 Å². The summed E-state index contributed by atoms with van der Waals surface area (Å²) in [6, 6.07) is 0.544. The summed E-state index contributed by atoms with van der Waals surface area (Å²) in [5.74, 6) is 0.581. The average molecular weight is 236 g/mol. The van der Waals surface area contributed by atoms with Gasteiger partial charge in [-0.1, -0.05) is 0 Å². The number of rotatable bonds is 5. The predicted molar refractivity (Wildman–Crippen MR) is 62.6 cm³/mol. The molecule has 0 aromatic heterocycles. The first-order valence-electron chi connectivity index (χ1n) is 5.61. The van der Waals surface area contributed by atoms with Crippen LogP contribution in [0.1, 0.15) is 20.3 Å². The Labute approximate surface area is 97.7 Å². The van der Waals surface area contributed by atoms with Gasteiger partial charge in [0, 0.05) is 38.7 Å². The maximum atomic E-state index is 5.84. The van der Waals surface area contributed by atoms with E-state index in [-0.39, 0.29) is 12.2 Å². The van der Waals surface area contributed by atoms with Gasteiger partial charge in [-0.3, -0.25) is 4.90 Å². The van der Waals surface area contributed by atoms with E-state index in [0.717, 1.165) is 26.1 Å². The van der Waals surface area contributed by atoms with Crippen molar-refractivity contribution in [1.82, 2.24) is 4.90 Å². The monoisotopic (exact) mass is 235 g/mol.